The van der Waals surface area contributed by atoms with E-state index in [1.54, 1.807) is 31.3 Å². The molecule has 6 heteroatoms. The smallest absolute Gasteiger partial charge is 0.271 e. The van der Waals surface area contributed by atoms with Crippen LogP contribution in [0, 0.1) is 11.3 Å². The Morgan fingerprint density at radius 3 is 2.56 bits per heavy atom. The van der Waals surface area contributed by atoms with Gasteiger partial charge in [0.1, 0.15) is 23.0 Å². The highest BCUT2D eigenvalue weighted by Gasteiger charge is 2.34. The number of imide groups is 1. The van der Waals surface area contributed by atoms with Crippen molar-refractivity contribution < 1.29 is 14.0 Å². The number of rotatable bonds is 3. The lowest BCUT2D eigenvalue weighted by molar-refractivity contribution is -0.140. The van der Waals surface area contributed by atoms with Crippen LogP contribution in [-0.4, -0.2) is 23.3 Å². The van der Waals surface area contributed by atoms with Crippen molar-refractivity contribution in [2.45, 2.75) is 13.8 Å². The van der Waals surface area contributed by atoms with Gasteiger partial charge in [-0.15, -0.1) is 11.3 Å². The second-order valence-corrected chi connectivity index (χ2v) is 8.66. The third-order valence-corrected chi connectivity index (χ3v) is 6.80. The van der Waals surface area contributed by atoms with Crippen molar-refractivity contribution in [2.24, 2.45) is 0 Å². The second-order valence-electron chi connectivity index (χ2n) is 7.57. The third kappa shape index (κ3) is 3.15. The Morgan fingerprint density at radius 2 is 1.84 bits per heavy atom. The summed E-state index contributed by atoms with van der Waals surface area (Å²) >= 11 is 1.62. The van der Waals surface area contributed by atoms with Crippen molar-refractivity contribution in [3.63, 3.8) is 0 Å². The number of hydrogen-bond acceptors (Lipinski definition) is 5. The summed E-state index contributed by atoms with van der Waals surface area (Å²) in [5.74, 6) is -0.442. The van der Waals surface area contributed by atoms with Crippen LogP contribution in [0.5, 0.6) is 0 Å². The monoisotopic (exact) mass is 438 g/mol. The maximum atomic E-state index is 12.8. The summed E-state index contributed by atoms with van der Waals surface area (Å²) in [4.78, 5) is 27.3. The first kappa shape index (κ1) is 20.0. The van der Waals surface area contributed by atoms with E-state index >= 15 is 0 Å². The van der Waals surface area contributed by atoms with E-state index in [0.29, 0.717) is 16.9 Å². The molecule has 2 aromatic carbocycles. The highest BCUT2D eigenvalue weighted by Crippen LogP contribution is 2.37. The molecule has 5 rings (SSSR count). The molecule has 5 nitrogen and oxygen atoms in total. The van der Waals surface area contributed by atoms with Gasteiger partial charge in [0.05, 0.1) is 4.70 Å². The zero-order valence-corrected chi connectivity index (χ0v) is 18.3. The van der Waals surface area contributed by atoms with Crippen molar-refractivity contribution in [3.05, 3.63) is 77.1 Å². The summed E-state index contributed by atoms with van der Waals surface area (Å²) in [5.41, 5.74) is 2.53. The highest BCUT2D eigenvalue weighted by molar-refractivity contribution is 7.22. The van der Waals surface area contributed by atoms with Gasteiger partial charge in [0.15, 0.2) is 0 Å². The minimum absolute atomic E-state index is 0.00958. The Kier molecular flexibility index (Phi) is 4.76. The summed E-state index contributed by atoms with van der Waals surface area (Å²) in [6.07, 6.45) is 1.62. The van der Waals surface area contributed by atoms with E-state index in [-0.39, 0.29) is 12.1 Å². The summed E-state index contributed by atoms with van der Waals surface area (Å²) < 4.78 is 6.96. The molecule has 1 aliphatic heterocycles. The number of likely N-dealkylation sites (N-methyl/N-ethyl adjacent to an activating group) is 1. The Labute approximate surface area is 188 Å². The van der Waals surface area contributed by atoms with Gasteiger partial charge in [-0.25, -0.2) is 0 Å². The maximum absolute atomic E-state index is 12.8. The van der Waals surface area contributed by atoms with E-state index in [9.17, 15) is 14.9 Å². The highest BCUT2D eigenvalue weighted by atomic mass is 32.1. The van der Waals surface area contributed by atoms with E-state index < -0.39 is 11.8 Å². The van der Waals surface area contributed by atoms with Gasteiger partial charge < -0.3 is 4.42 Å². The van der Waals surface area contributed by atoms with Crippen molar-refractivity contribution in [1.29, 1.82) is 5.26 Å². The molecule has 32 heavy (non-hydrogen) atoms. The Bertz CT molecular complexity index is 1500. The van der Waals surface area contributed by atoms with Crippen LogP contribution in [0.3, 0.4) is 0 Å². The minimum Gasteiger partial charge on any atom is -0.456 e. The fourth-order valence-electron chi connectivity index (χ4n) is 3.97. The van der Waals surface area contributed by atoms with Crippen LogP contribution in [0.1, 0.15) is 19.6 Å². The van der Waals surface area contributed by atoms with Gasteiger partial charge in [0, 0.05) is 29.1 Å². The predicted octanol–water partition coefficient (Wildman–Crippen LogP) is 5.93. The number of carbonyl (C=O) groups excluding carboxylic acids is 2. The molecule has 0 saturated carbocycles. The molecule has 2 aromatic heterocycles. The molecule has 0 fully saturated rings. The molecule has 156 valence electrons. The molecule has 0 bridgehead atoms. The third-order valence-electron chi connectivity index (χ3n) is 5.69. The van der Waals surface area contributed by atoms with Crippen molar-refractivity contribution in [3.8, 4) is 16.5 Å². The maximum Gasteiger partial charge on any atom is 0.271 e. The van der Waals surface area contributed by atoms with Crippen LogP contribution in [0.25, 0.3) is 37.6 Å². The lowest BCUT2D eigenvalue weighted by atomic mass is 9.95. The molecule has 4 aromatic rings. The lowest BCUT2D eigenvalue weighted by Gasteiger charge is -2.25. The summed E-state index contributed by atoms with van der Waals surface area (Å²) in [6, 6.07) is 20.4. The number of carbonyl (C=O) groups is 2. The average Bonchev–Trinajstić information content (AvgIpc) is 3.36. The molecule has 0 radical (unpaired) electrons. The molecule has 0 spiro atoms. The van der Waals surface area contributed by atoms with Gasteiger partial charge in [-0.1, -0.05) is 36.4 Å². The largest absolute Gasteiger partial charge is 0.456 e. The standard InChI is InChI=1S/C26H18N2O3S/c1-3-28-25(29)20(15(2)21(14-27)26(28)30)11-19-12-24-22(31-19)13-23(32-24)18-9-8-16-6-4-5-7-17(16)10-18/h4-13H,3H2,1-2H3/b20-11-. The van der Waals surface area contributed by atoms with Gasteiger partial charge in [-0.05, 0) is 47.9 Å². The normalized spacial score (nSPS) is 15.9. The van der Waals surface area contributed by atoms with Crippen LogP contribution in [-0.2, 0) is 9.59 Å². The van der Waals surface area contributed by atoms with E-state index in [4.69, 9.17) is 4.42 Å². The van der Waals surface area contributed by atoms with Gasteiger partial charge >= 0.3 is 0 Å². The zero-order valence-electron chi connectivity index (χ0n) is 17.5. The lowest BCUT2D eigenvalue weighted by Crippen LogP contribution is -2.42. The van der Waals surface area contributed by atoms with Crippen molar-refractivity contribution in [1.82, 2.24) is 4.90 Å². The summed E-state index contributed by atoms with van der Waals surface area (Å²) in [5, 5.41) is 11.8. The van der Waals surface area contributed by atoms with Gasteiger partial charge in [0.25, 0.3) is 11.8 Å². The van der Waals surface area contributed by atoms with E-state index in [1.165, 1.54) is 10.8 Å². The molecule has 1 aliphatic rings. The number of amides is 2. The first-order valence-corrected chi connectivity index (χ1v) is 11.0. The molecule has 0 unspecified atom stereocenters. The van der Waals surface area contributed by atoms with Crippen LogP contribution >= 0.6 is 11.3 Å². The summed E-state index contributed by atoms with van der Waals surface area (Å²) in [7, 11) is 0. The number of benzene rings is 2. The van der Waals surface area contributed by atoms with Crippen LogP contribution in [0.15, 0.2) is 75.7 Å². The molecule has 0 atom stereocenters. The fourth-order valence-corrected chi connectivity index (χ4v) is 4.99. The summed E-state index contributed by atoms with van der Waals surface area (Å²) in [6.45, 7) is 3.53. The van der Waals surface area contributed by atoms with E-state index in [1.807, 2.05) is 30.3 Å². The average molecular weight is 439 g/mol. The Balaban J connectivity index is 1.53. The molecular formula is C26H18N2O3S. The Hall–Kier alpha value is -3.95. The van der Waals surface area contributed by atoms with Gasteiger partial charge in [-0.2, -0.15) is 5.26 Å². The second kappa shape index (κ2) is 7.63. The van der Waals surface area contributed by atoms with Gasteiger partial charge in [0.2, 0.25) is 0 Å². The number of fused-ring (bicyclic) bond motifs is 2. The molecular weight excluding hydrogens is 420 g/mol. The predicted molar refractivity (Wildman–Crippen MR) is 126 cm³/mol. The van der Waals surface area contributed by atoms with Crippen molar-refractivity contribution >= 4 is 50.3 Å². The molecule has 0 N–H and O–H groups in total. The number of hydrogen-bond donors (Lipinski definition) is 0. The first-order valence-electron chi connectivity index (χ1n) is 10.2. The van der Waals surface area contributed by atoms with Crippen LogP contribution in [0.2, 0.25) is 0 Å². The first-order chi connectivity index (χ1) is 15.5. The SMILES string of the molecule is CCN1C(=O)C(C#N)=C(C)/C(=C/c2cc3sc(-c4ccc5ccccc5c4)cc3o2)C1=O. The Morgan fingerprint density at radius 1 is 1.06 bits per heavy atom. The molecule has 3 heterocycles. The molecule has 0 saturated heterocycles. The van der Waals surface area contributed by atoms with Gasteiger partial charge in [-0.3, -0.25) is 14.5 Å². The van der Waals surface area contributed by atoms with E-state index in [0.717, 1.165) is 25.6 Å². The number of thiophene rings is 1. The van der Waals surface area contributed by atoms with Crippen molar-refractivity contribution in [2.75, 3.05) is 6.54 Å². The topological polar surface area (TPSA) is 74.3 Å². The number of nitriles is 1. The van der Waals surface area contributed by atoms with Crippen LogP contribution in [0.4, 0.5) is 0 Å². The molecule has 2 amide bonds. The zero-order chi connectivity index (χ0) is 22.4. The van der Waals surface area contributed by atoms with Crippen LogP contribution < -0.4 is 0 Å². The fraction of sp³-hybridized carbons (Fsp3) is 0.115. The van der Waals surface area contributed by atoms with E-state index in [2.05, 4.69) is 30.3 Å². The number of furan rings is 1. The number of nitrogens with zero attached hydrogens (tertiary/aromatic N) is 2. The molecule has 0 aliphatic carbocycles. The minimum atomic E-state index is -0.546. The quantitative estimate of drug-likeness (QED) is 0.294.